The van der Waals surface area contributed by atoms with E-state index in [0.717, 1.165) is 0 Å². The van der Waals surface area contributed by atoms with Gasteiger partial charge in [0.05, 0.1) is 0 Å². The monoisotopic (exact) mass is 388 g/mol. The summed E-state index contributed by atoms with van der Waals surface area (Å²) in [7, 11) is 0. The van der Waals surface area contributed by atoms with Crippen LogP contribution < -0.4 is 0 Å². The number of hydrogen-bond donors (Lipinski definition) is 0. The molecule has 0 aromatic heterocycles. The van der Waals surface area contributed by atoms with Gasteiger partial charge < -0.3 is 0 Å². The van der Waals surface area contributed by atoms with Crippen molar-refractivity contribution >= 4 is 0 Å². The molecule has 0 amide bonds. The summed E-state index contributed by atoms with van der Waals surface area (Å²) < 4.78 is 0. The molecular formula is CoCrNbW. The molecule has 0 rings (SSSR count). The van der Waals surface area contributed by atoms with Gasteiger partial charge in [-0.1, -0.05) is 0 Å². The van der Waals surface area contributed by atoms with E-state index in [4.69, 9.17) is 0 Å². The van der Waals surface area contributed by atoms with Crippen LogP contribution in [0.15, 0.2) is 0 Å². The molecule has 0 unspecified atom stereocenters. The van der Waals surface area contributed by atoms with E-state index in [1.807, 2.05) is 0 Å². The van der Waals surface area contributed by atoms with Crippen LogP contribution in [0.4, 0.5) is 0 Å². The molecule has 2 radical (unpaired) electrons. The zero-order valence-corrected chi connectivity index (χ0v) is 9.05. The van der Waals surface area contributed by atoms with E-state index < -0.39 is 0 Å². The predicted molar refractivity (Wildman–Crippen MR) is 0 cm³/mol. The summed E-state index contributed by atoms with van der Waals surface area (Å²) in [4.78, 5) is 0. The summed E-state index contributed by atoms with van der Waals surface area (Å²) in [6.07, 6.45) is 0. The summed E-state index contributed by atoms with van der Waals surface area (Å²) >= 11 is 0. The van der Waals surface area contributed by atoms with Crippen LogP contribution in [0.2, 0.25) is 0 Å². The summed E-state index contributed by atoms with van der Waals surface area (Å²) in [5, 5.41) is 0. The fourth-order valence-electron chi connectivity index (χ4n) is 0. The summed E-state index contributed by atoms with van der Waals surface area (Å²) in [6.45, 7) is 0. The maximum Gasteiger partial charge on any atom is 0 e. The molecule has 0 saturated heterocycles. The van der Waals surface area contributed by atoms with Gasteiger partial charge in [-0.3, -0.25) is 0 Å². The molecular weight excluding hydrogens is 388 g/mol. The summed E-state index contributed by atoms with van der Waals surface area (Å²) in [5.41, 5.74) is 0. The Labute approximate surface area is 76.6 Å². The second kappa shape index (κ2) is 17.9. The van der Waals surface area contributed by atoms with Crippen LogP contribution in [0.5, 0.6) is 0 Å². The van der Waals surface area contributed by atoms with Gasteiger partial charge in [-0.15, -0.1) is 0 Å². The Morgan fingerprint density at radius 3 is 1.00 bits per heavy atom. The standard InChI is InChI=1S/Co.Cr.Nb.W. The van der Waals surface area contributed by atoms with Gasteiger partial charge in [0, 0.05) is 77.6 Å². The van der Waals surface area contributed by atoms with Crippen LogP contribution in [0.3, 0.4) is 0 Å². The number of rotatable bonds is 0. The zero-order chi connectivity index (χ0) is 0. The Morgan fingerprint density at radius 2 is 1.00 bits per heavy atom. The van der Waals surface area contributed by atoms with Crippen LogP contribution in [0.1, 0.15) is 0 Å². The molecule has 0 aromatic rings. The van der Waals surface area contributed by atoms with Gasteiger partial charge in [-0.25, -0.2) is 0 Å². The first-order valence-electron chi connectivity index (χ1n) is 0. The molecule has 4 heavy (non-hydrogen) atoms. The summed E-state index contributed by atoms with van der Waals surface area (Å²) in [5.74, 6) is 0. The van der Waals surface area contributed by atoms with Crippen molar-refractivity contribution in [2.45, 2.75) is 0 Å². The van der Waals surface area contributed by atoms with E-state index in [2.05, 4.69) is 0 Å². The minimum atomic E-state index is 0. The van der Waals surface area contributed by atoms with E-state index >= 15 is 0 Å². The smallest absolute Gasteiger partial charge is 0 e. The fourth-order valence-corrected chi connectivity index (χ4v) is 0. The molecule has 0 heterocycles. The van der Waals surface area contributed by atoms with Crippen molar-refractivity contribution in [3.05, 3.63) is 0 Å². The van der Waals surface area contributed by atoms with E-state index in [1.54, 1.807) is 0 Å². The third kappa shape index (κ3) is 8.82. The number of hydrogen-bond acceptors (Lipinski definition) is 0. The molecule has 26 valence electrons. The van der Waals surface area contributed by atoms with E-state index in [-0.39, 0.29) is 77.6 Å². The zero-order valence-electron chi connectivity index (χ0n) is 1.60. The average molecular weight is 388 g/mol. The maximum absolute atomic E-state index is 0. The van der Waals surface area contributed by atoms with Crippen molar-refractivity contribution in [3.8, 4) is 0 Å². The molecule has 0 aliphatic rings. The normalized spacial score (nSPS) is 0. The second-order valence-electron chi connectivity index (χ2n) is 0. The first-order chi connectivity index (χ1) is 0. The van der Waals surface area contributed by atoms with Crippen molar-refractivity contribution in [3.63, 3.8) is 0 Å². The second-order valence-corrected chi connectivity index (χ2v) is 0. The van der Waals surface area contributed by atoms with Crippen molar-refractivity contribution in [2.75, 3.05) is 0 Å². The van der Waals surface area contributed by atoms with Crippen molar-refractivity contribution in [2.24, 2.45) is 0 Å². The fraction of sp³-hybridized carbons (Fsp3) is 0. The molecule has 0 spiro atoms. The first-order valence-corrected chi connectivity index (χ1v) is 0. The van der Waals surface area contributed by atoms with Crippen LogP contribution in [0, 0.1) is 0 Å². The minimum Gasteiger partial charge on any atom is 0 e. The van der Waals surface area contributed by atoms with Gasteiger partial charge in [-0.05, 0) is 0 Å². The Balaban J connectivity index is 0. The largest absolute Gasteiger partial charge is 0 e. The van der Waals surface area contributed by atoms with Gasteiger partial charge in [-0.2, -0.15) is 0 Å². The van der Waals surface area contributed by atoms with E-state index in [9.17, 15) is 0 Å². The van der Waals surface area contributed by atoms with Crippen molar-refractivity contribution < 1.29 is 77.6 Å². The van der Waals surface area contributed by atoms with Gasteiger partial charge in [0.1, 0.15) is 0 Å². The molecule has 0 bridgehead atoms. The molecule has 0 aromatic carbocycles. The Bertz CT molecular complexity index is 8.00. The van der Waals surface area contributed by atoms with E-state index in [1.165, 1.54) is 0 Å². The SMILES string of the molecule is [Co].[Cr].[Nb].[W]. The molecule has 0 aliphatic heterocycles. The van der Waals surface area contributed by atoms with Crippen LogP contribution >= 0.6 is 0 Å². The molecule has 0 nitrogen and oxygen atoms in total. The third-order valence-corrected chi connectivity index (χ3v) is 0. The maximum atomic E-state index is 0. The van der Waals surface area contributed by atoms with Crippen molar-refractivity contribution in [1.82, 2.24) is 0 Å². The average Bonchev–Trinajstić information content (AvgIpc) is 0. The molecule has 0 aliphatic carbocycles. The van der Waals surface area contributed by atoms with Gasteiger partial charge in [0.15, 0.2) is 0 Å². The molecule has 0 atom stereocenters. The first kappa shape index (κ1) is 31.8. The van der Waals surface area contributed by atoms with Gasteiger partial charge in [0.25, 0.3) is 0 Å². The molecule has 0 fully saturated rings. The Morgan fingerprint density at radius 1 is 1.00 bits per heavy atom. The topological polar surface area (TPSA) is 0 Å². The van der Waals surface area contributed by atoms with Gasteiger partial charge >= 0.3 is 0 Å². The quantitative estimate of drug-likeness (QED) is 0.513. The van der Waals surface area contributed by atoms with Crippen LogP contribution in [-0.2, 0) is 77.6 Å². The molecule has 4 heteroatoms. The Hall–Kier alpha value is 2.47. The van der Waals surface area contributed by atoms with E-state index in [0.29, 0.717) is 0 Å². The van der Waals surface area contributed by atoms with Crippen LogP contribution in [-0.4, -0.2) is 0 Å². The third-order valence-electron chi connectivity index (χ3n) is 0. The van der Waals surface area contributed by atoms with Gasteiger partial charge in [0.2, 0.25) is 0 Å². The summed E-state index contributed by atoms with van der Waals surface area (Å²) in [6, 6.07) is 0. The molecule has 0 N–H and O–H groups in total. The predicted octanol–water partition coefficient (Wildman–Crippen LogP) is -0.0100. The van der Waals surface area contributed by atoms with Crippen LogP contribution in [0.25, 0.3) is 0 Å². The molecule has 0 saturated carbocycles. The minimum absolute atomic E-state index is 0. The Kier molecular flexibility index (Phi) is 142. The van der Waals surface area contributed by atoms with Crippen molar-refractivity contribution in [1.29, 1.82) is 0 Å².